The van der Waals surface area contributed by atoms with Gasteiger partial charge >= 0.3 is 0 Å². The highest BCUT2D eigenvalue weighted by Gasteiger charge is 2.29. The van der Waals surface area contributed by atoms with Gasteiger partial charge in [0.05, 0.1) is 6.04 Å². The van der Waals surface area contributed by atoms with Crippen molar-refractivity contribution in [1.82, 2.24) is 25.1 Å². The fourth-order valence-electron chi connectivity index (χ4n) is 3.04. The zero-order valence-electron chi connectivity index (χ0n) is 14.5. The summed E-state index contributed by atoms with van der Waals surface area (Å²) in [6.45, 7) is 3.64. The standard InChI is InChI=1S/C17H23N7O/c1-13(16(25)21-17-18-8-5-9-19-17)23(2)12-14-6-4-11-24(14)15-7-3-10-20-22-15/h3,5,7-10,13-14H,4,6,11-12H2,1-2H3,(H,18,19,21,25)/t13-,14-/m1/s1. The first-order valence-electron chi connectivity index (χ1n) is 8.47. The lowest BCUT2D eigenvalue weighted by molar-refractivity contribution is -0.120. The van der Waals surface area contributed by atoms with E-state index >= 15 is 0 Å². The SMILES string of the molecule is C[C@H](C(=O)Nc1ncccn1)N(C)C[C@H]1CCCN1c1cccnn1. The number of amides is 1. The van der Waals surface area contributed by atoms with Gasteiger partial charge in [-0.2, -0.15) is 5.10 Å². The Balaban J connectivity index is 1.59. The molecule has 2 aromatic rings. The van der Waals surface area contributed by atoms with Crippen LogP contribution >= 0.6 is 0 Å². The molecule has 25 heavy (non-hydrogen) atoms. The molecule has 8 nitrogen and oxygen atoms in total. The third-order valence-electron chi connectivity index (χ3n) is 4.57. The van der Waals surface area contributed by atoms with Crippen molar-refractivity contribution in [2.45, 2.75) is 31.8 Å². The van der Waals surface area contributed by atoms with Crippen molar-refractivity contribution in [2.24, 2.45) is 0 Å². The molecule has 0 bridgehead atoms. The molecule has 0 saturated carbocycles. The fourth-order valence-corrected chi connectivity index (χ4v) is 3.04. The Bertz CT molecular complexity index is 682. The Morgan fingerprint density at radius 3 is 2.88 bits per heavy atom. The van der Waals surface area contributed by atoms with E-state index in [-0.39, 0.29) is 11.9 Å². The molecule has 132 valence electrons. The van der Waals surface area contributed by atoms with Crippen molar-refractivity contribution in [2.75, 3.05) is 30.4 Å². The van der Waals surface area contributed by atoms with Crippen molar-refractivity contribution in [3.05, 3.63) is 36.8 Å². The van der Waals surface area contributed by atoms with Crippen LogP contribution in [0.1, 0.15) is 19.8 Å². The normalized spacial score (nSPS) is 18.4. The number of aromatic nitrogens is 4. The summed E-state index contributed by atoms with van der Waals surface area (Å²) in [5.41, 5.74) is 0. The van der Waals surface area contributed by atoms with E-state index in [0.717, 1.165) is 31.7 Å². The van der Waals surface area contributed by atoms with Crippen LogP contribution in [0.3, 0.4) is 0 Å². The first kappa shape index (κ1) is 17.2. The van der Waals surface area contributed by atoms with Crippen LogP contribution in [-0.4, -0.2) is 63.2 Å². The van der Waals surface area contributed by atoms with Crippen molar-refractivity contribution in [3.63, 3.8) is 0 Å². The Kier molecular flexibility index (Phi) is 5.49. The molecule has 1 N–H and O–H groups in total. The summed E-state index contributed by atoms with van der Waals surface area (Å²) in [5, 5.41) is 10.9. The van der Waals surface area contributed by atoms with Gasteiger partial charge < -0.3 is 4.90 Å². The van der Waals surface area contributed by atoms with E-state index in [9.17, 15) is 4.79 Å². The maximum absolute atomic E-state index is 12.4. The zero-order chi connectivity index (χ0) is 17.6. The van der Waals surface area contributed by atoms with Gasteiger partial charge in [0, 0.05) is 37.7 Å². The van der Waals surface area contributed by atoms with Gasteiger partial charge in [-0.3, -0.25) is 15.0 Å². The van der Waals surface area contributed by atoms with Crippen molar-refractivity contribution in [1.29, 1.82) is 0 Å². The Morgan fingerprint density at radius 2 is 2.16 bits per heavy atom. The summed E-state index contributed by atoms with van der Waals surface area (Å²) >= 11 is 0. The fraction of sp³-hybridized carbons (Fsp3) is 0.471. The van der Waals surface area contributed by atoms with Gasteiger partial charge in [-0.25, -0.2) is 9.97 Å². The van der Waals surface area contributed by atoms with Crippen molar-refractivity contribution in [3.8, 4) is 0 Å². The van der Waals surface area contributed by atoms with Crippen LogP contribution in [0.5, 0.6) is 0 Å². The second-order valence-electron chi connectivity index (χ2n) is 6.25. The van der Waals surface area contributed by atoms with Crippen LogP contribution < -0.4 is 10.2 Å². The minimum Gasteiger partial charge on any atom is -0.351 e. The second-order valence-corrected chi connectivity index (χ2v) is 6.25. The molecule has 1 aliphatic rings. The lowest BCUT2D eigenvalue weighted by Gasteiger charge is -2.31. The molecule has 1 saturated heterocycles. The second kappa shape index (κ2) is 7.98. The first-order chi connectivity index (χ1) is 12.1. The Labute approximate surface area is 147 Å². The number of likely N-dealkylation sites (N-methyl/N-ethyl adjacent to an activating group) is 1. The predicted octanol–water partition coefficient (Wildman–Crippen LogP) is 1.19. The van der Waals surface area contributed by atoms with E-state index in [4.69, 9.17) is 0 Å². The Morgan fingerprint density at radius 1 is 1.36 bits per heavy atom. The van der Waals surface area contributed by atoms with E-state index in [1.54, 1.807) is 24.7 Å². The van der Waals surface area contributed by atoms with E-state index in [0.29, 0.717) is 12.0 Å². The van der Waals surface area contributed by atoms with Crippen molar-refractivity contribution < 1.29 is 4.79 Å². The lowest BCUT2D eigenvalue weighted by atomic mass is 10.1. The summed E-state index contributed by atoms with van der Waals surface area (Å²) in [4.78, 5) is 24.8. The van der Waals surface area contributed by atoms with Crippen LogP contribution in [0.25, 0.3) is 0 Å². The quantitative estimate of drug-likeness (QED) is 0.844. The largest absolute Gasteiger partial charge is 0.351 e. The molecule has 0 unspecified atom stereocenters. The van der Waals surface area contributed by atoms with Crippen LogP contribution in [0, 0.1) is 0 Å². The van der Waals surface area contributed by atoms with Crippen LogP contribution in [-0.2, 0) is 4.79 Å². The molecule has 8 heteroatoms. The van der Waals surface area contributed by atoms with E-state index in [2.05, 4.69) is 35.3 Å². The summed E-state index contributed by atoms with van der Waals surface area (Å²) in [6, 6.07) is 5.64. The molecule has 2 aromatic heterocycles. The van der Waals surface area contributed by atoms with Gasteiger partial charge in [-0.15, -0.1) is 5.10 Å². The number of hydrogen-bond donors (Lipinski definition) is 1. The highest BCUT2D eigenvalue weighted by Crippen LogP contribution is 2.24. The van der Waals surface area contributed by atoms with Gasteiger partial charge in [0.1, 0.15) is 0 Å². The molecule has 3 heterocycles. The topological polar surface area (TPSA) is 87.1 Å². The summed E-state index contributed by atoms with van der Waals surface area (Å²) in [7, 11) is 1.96. The molecule has 1 fully saturated rings. The number of nitrogens with one attached hydrogen (secondary N) is 1. The number of hydrogen-bond acceptors (Lipinski definition) is 7. The maximum atomic E-state index is 12.4. The average molecular weight is 341 g/mol. The molecular formula is C17H23N7O. The van der Waals surface area contributed by atoms with Gasteiger partial charge in [-0.1, -0.05) is 0 Å². The van der Waals surface area contributed by atoms with Gasteiger partial charge in [0.25, 0.3) is 0 Å². The van der Waals surface area contributed by atoms with Gasteiger partial charge in [-0.05, 0) is 45.0 Å². The summed E-state index contributed by atoms with van der Waals surface area (Å²) < 4.78 is 0. The van der Waals surface area contributed by atoms with Crippen LogP contribution in [0.2, 0.25) is 0 Å². The van der Waals surface area contributed by atoms with Crippen LogP contribution in [0.15, 0.2) is 36.8 Å². The highest BCUT2D eigenvalue weighted by molar-refractivity contribution is 5.92. The molecule has 1 aliphatic heterocycles. The molecule has 0 aromatic carbocycles. The van der Waals surface area contributed by atoms with E-state index < -0.39 is 0 Å². The molecule has 0 radical (unpaired) electrons. The van der Waals surface area contributed by atoms with Crippen LogP contribution in [0.4, 0.5) is 11.8 Å². The molecule has 1 amide bonds. The first-order valence-corrected chi connectivity index (χ1v) is 8.47. The molecule has 3 rings (SSSR count). The van der Waals surface area contributed by atoms with E-state index in [1.165, 1.54) is 0 Å². The van der Waals surface area contributed by atoms with Crippen molar-refractivity contribution >= 4 is 17.7 Å². The average Bonchev–Trinajstić information content (AvgIpc) is 3.10. The molecule has 0 aliphatic carbocycles. The number of rotatable bonds is 6. The minimum atomic E-state index is -0.284. The Hall–Kier alpha value is -2.61. The van der Waals surface area contributed by atoms with E-state index in [1.807, 2.05) is 26.1 Å². The smallest absolute Gasteiger partial charge is 0.243 e. The third kappa shape index (κ3) is 4.27. The van der Waals surface area contributed by atoms with Gasteiger partial charge in [0.2, 0.25) is 11.9 Å². The zero-order valence-corrected chi connectivity index (χ0v) is 14.5. The number of carbonyl (C=O) groups is 1. The molecular weight excluding hydrogens is 318 g/mol. The predicted molar refractivity (Wildman–Crippen MR) is 95.2 cm³/mol. The monoisotopic (exact) mass is 341 g/mol. The number of carbonyl (C=O) groups excluding carboxylic acids is 1. The maximum Gasteiger partial charge on any atom is 0.243 e. The number of nitrogens with zero attached hydrogens (tertiary/aromatic N) is 6. The highest BCUT2D eigenvalue weighted by atomic mass is 16.2. The van der Waals surface area contributed by atoms with Gasteiger partial charge in [0.15, 0.2) is 5.82 Å². The molecule has 0 spiro atoms. The number of anilines is 2. The third-order valence-corrected chi connectivity index (χ3v) is 4.57. The molecule has 2 atom stereocenters. The minimum absolute atomic E-state index is 0.113. The summed E-state index contributed by atoms with van der Waals surface area (Å²) in [5.74, 6) is 1.11. The summed E-state index contributed by atoms with van der Waals surface area (Å²) in [6.07, 6.45) is 7.09. The lowest BCUT2D eigenvalue weighted by Crippen LogP contribution is -2.46.